The summed E-state index contributed by atoms with van der Waals surface area (Å²) in [5, 5.41) is 2.21. The Morgan fingerprint density at radius 1 is 0.378 bits per heavy atom. The van der Waals surface area contributed by atoms with Crippen molar-refractivity contribution in [3.05, 3.63) is 198 Å². The zero-order valence-corrected chi connectivity index (χ0v) is 24.6. The molecule has 1 heterocycles. The highest BCUT2D eigenvalue weighted by Gasteiger charge is 2.46. The number of furan rings is 1. The van der Waals surface area contributed by atoms with Crippen LogP contribution in [0.1, 0.15) is 22.3 Å². The molecule has 7 aromatic carbocycles. The van der Waals surface area contributed by atoms with Crippen LogP contribution in [-0.4, -0.2) is 0 Å². The first kappa shape index (κ1) is 25.6. The van der Waals surface area contributed by atoms with Crippen LogP contribution in [0.5, 0.6) is 0 Å². The maximum absolute atomic E-state index is 6.64. The average molecular weight is 576 g/mol. The van der Waals surface area contributed by atoms with Gasteiger partial charge in [-0.15, -0.1) is 0 Å². The van der Waals surface area contributed by atoms with Gasteiger partial charge in [0.15, 0.2) is 0 Å². The van der Waals surface area contributed by atoms with Gasteiger partial charge in [-0.1, -0.05) is 127 Å². The molecule has 0 radical (unpaired) electrons. The molecule has 0 saturated heterocycles. The van der Waals surface area contributed by atoms with Crippen LogP contribution < -0.4 is 4.90 Å². The average Bonchev–Trinajstić information content (AvgIpc) is 3.63. The number of para-hydroxylation sites is 2. The third-order valence-corrected chi connectivity index (χ3v) is 9.33. The van der Waals surface area contributed by atoms with Gasteiger partial charge in [0, 0.05) is 27.8 Å². The SMILES string of the molecule is c1ccc(N(c2ccccc2)c2ccc3oc4cc(C5(c6ccccc6)c6ccccc6-c6ccccc65)ccc4c3c2)cc1. The summed E-state index contributed by atoms with van der Waals surface area (Å²) in [7, 11) is 0. The van der Waals surface area contributed by atoms with E-state index in [1.807, 2.05) is 0 Å². The van der Waals surface area contributed by atoms with Crippen LogP contribution >= 0.6 is 0 Å². The summed E-state index contributed by atoms with van der Waals surface area (Å²) in [6.07, 6.45) is 0. The summed E-state index contributed by atoms with van der Waals surface area (Å²) in [4.78, 5) is 2.30. The molecule has 2 nitrogen and oxygen atoms in total. The van der Waals surface area contributed by atoms with E-state index in [-0.39, 0.29) is 0 Å². The minimum atomic E-state index is -0.454. The van der Waals surface area contributed by atoms with Crippen LogP contribution in [0, 0.1) is 0 Å². The number of benzene rings is 7. The van der Waals surface area contributed by atoms with Crippen molar-refractivity contribution in [1.29, 1.82) is 0 Å². The van der Waals surface area contributed by atoms with Crippen molar-refractivity contribution in [3.63, 3.8) is 0 Å². The number of hydrogen-bond acceptors (Lipinski definition) is 2. The highest BCUT2D eigenvalue weighted by Crippen LogP contribution is 2.56. The van der Waals surface area contributed by atoms with Gasteiger partial charge in [-0.05, 0) is 81.9 Å². The van der Waals surface area contributed by atoms with Crippen LogP contribution in [-0.2, 0) is 5.41 Å². The second-order valence-electron chi connectivity index (χ2n) is 11.7. The van der Waals surface area contributed by atoms with Gasteiger partial charge in [-0.3, -0.25) is 0 Å². The summed E-state index contributed by atoms with van der Waals surface area (Å²) in [5.41, 5.74) is 12.3. The zero-order chi connectivity index (χ0) is 29.8. The summed E-state index contributed by atoms with van der Waals surface area (Å²) >= 11 is 0. The fraction of sp³-hybridized carbons (Fsp3) is 0.0233. The predicted octanol–water partition coefficient (Wildman–Crippen LogP) is 11.4. The number of rotatable bonds is 5. The van der Waals surface area contributed by atoms with Crippen molar-refractivity contribution in [3.8, 4) is 11.1 Å². The topological polar surface area (TPSA) is 16.4 Å². The Morgan fingerprint density at radius 3 is 1.56 bits per heavy atom. The molecule has 8 aromatic rings. The minimum Gasteiger partial charge on any atom is -0.456 e. The van der Waals surface area contributed by atoms with Crippen molar-refractivity contribution >= 4 is 39.0 Å². The Balaban J connectivity index is 1.26. The molecule has 45 heavy (non-hydrogen) atoms. The maximum atomic E-state index is 6.64. The lowest BCUT2D eigenvalue weighted by molar-refractivity contribution is 0.665. The lowest BCUT2D eigenvalue weighted by Gasteiger charge is -2.33. The third-order valence-electron chi connectivity index (χ3n) is 9.33. The molecule has 0 amide bonds. The van der Waals surface area contributed by atoms with Crippen molar-refractivity contribution in [2.24, 2.45) is 0 Å². The minimum absolute atomic E-state index is 0.454. The third kappa shape index (κ3) is 3.82. The molecule has 1 aromatic heterocycles. The lowest BCUT2D eigenvalue weighted by atomic mass is 9.67. The molecule has 0 bridgehead atoms. The Hall–Kier alpha value is -5.86. The molecule has 9 rings (SSSR count). The number of hydrogen-bond donors (Lipinski definition) is 0. The van der Waals surface area contributed by atoms with Gasteiger partial charge in [0.25, 0.3) is 0 Å². The predicted molar refractivity (Wildman–Crippen MR) is 186 cm³/mol. The van der Waals surface area contributed by atoms with E-state index < -0.39 is 5.41 Å². The molecule has 0 saturated carbocycles. The highest BCUT2D eigenvalue weighted by molar-refractivity contribution is 6.07. The lowest BCUT2D eigenvalue weighted by Crippen LogP contribution is -2.28. The second kappa shape index (κ2) is 10.1. The van der Waals surface area contributed by atoms with Crippen LogP contribution in [0.4, 0.5) is 17.1 Å². The van der Waals surface area contributed by atoms with E-state index in [0.29, 0.717) is 0 Å². The van der Waals surface area contributed by atoms with E-state index >= 15 is 0 Å². The van der Waals surface area contributed by atoms with Crippen LogP contribution in [0.25, 0.3) is 33.1 Å². The van der Waals surface area contributed by atoms with Gasteiger partial charge < -0.3 is 9.32 Å². The van der Waals surface area contributed by atoms with Gasteiger partial charge in [-0.25, -0.2) is 0 Å². The van der Waals surface area contributed by atoms with Crippen molar-refractivity contribution < 1.29 is 4.42 Å². The van der Waals surface area contributed by atoms with Gasteiger partial charge in [-0.2, -0.15) is 0 Å². The molecule has 1 aliphatic carbocycles. The number of fused-ring (bicyclic) bond motifs is 6. The molecular weight excluding hydrogens is 546 g/mol. The molecule has 212 valence electrons. The molecule has 0 N–H and O–H groups in total. The first-order valence-corrected chi connectivity index (χ1v) is 15.4. The van der Waals surface area contributed by atoms with Crippen molar-refractivity contribution in [2.75, 3.05) is 4.90 Å². The second-order valence-corrected chi connectivity index (χ2v) is 11.7. The van der Waals surface area contributed by atoms with Gasteiger partial charge in [0.05, 0.1) is 5.41 Å². The summed E-state index contributed by atoms with van der Waals surface area (Å²) < 4.78 is 6.64. The summed E-state index contributed by atoms with van der Waals surface area (Å²) in [6, 6.07) is 63.0. The largest absolute Gasteiger partial charge is 0.456 e. The molecule has 0 atom stereocenters. The normalized spacial score (nSPS) is 13.1. The van der Waals surface area contributed by atoms with E-state index in [1.165, 1.54) is 33.4 Å². The quantitative estimate of drug-likeness (QED) is 0.203. The standard InChI is InChI=1S/C43H29NO/c1-4-14-30(15-5-1)43(39-22-12-10-20-35(39)36-21-11-13-23-40(36)43)31-24-26-37-38-29-34(25-27-41(38)45-42(37)28-31)44(32-16-6-2-7-17-32)33-18-8-3-9-19-33/h1-29H. The fourth-order valence-corrected chi connectivity index (χ4v) is 7.45. The number of anilines is 3. The van der Waals surface area contributed by atoms with E-state index in [0.717, 1.165) is 39.0 Å². The molecule has 0 fully saturated rings. The first-order valence-electron chi connectivity index (χ1n) is 15.4. The Morgan fingerprint density at radius 2 is 0.933 bits per heavy atom. The molecule has 2 heteroatoms. The van der Waals surface area contributed by atoms with Gasteiger partial charge >= 0.3 is 0 Å². The molecule has 0 spiro atoms. The van der Waals surface area contributed by atoms with Crippen molar-refractivity contribution in [1.82, 2.24) is 0 Å². The fourth-order valence-electron chi connectivity index (χ4n) is 7.45. The van der Waals surface area contributed by atoms with Gasteiger partial charge in [0.2, 0.25) is 0 Å². The van der Waals surface area contributed by atoms with E-state index in [4.69, 9.17) is 4.42 Å². The Labute approximate surface area is 262 Å². The Kier molecular flexibility index (Phi) is 5.76. The zero-order valence-electron chi connectivity index (χ0n) is 24.6. The molecule has 1 aliphatic rings. The first-order chi connectivity index (χ1) is 22.3. The summed E-state index contributed by atoms with van der Waals surface area (Å²) in [6.45, 7) is 0. The highest BCUT2D eigenvalue weighted by atomic mass is 16.3. The van der Waals surface area contributed by atoms with Gasteiger partial charge in [0.1, 0.15) is 11.2 Å². The maximum Gasteiger partial charge on any atom is 0.135 e. The molecule has 0 aliphatic heterocycles. The molecular formula is C43H29NO. The van der Waals surface area contributed by atoms with Crippen molar-refractivity contribution in [2.45, 2.75) is 5.41 Å². The van der Waals surface area contributed by atoms with E-state index in [1.54, 1.807) is 0 Å². The monoisotopic (exact) mass is 575 g/mol. The Bertz CT molecular complexity index is 2240. The van der Waals surface area contributed by atoms with E-state index in [2.05, 4.69) is 181 Å². The smallest absolute Gasteiger partial charge is 0.135 e. The molecule has 0 unspecified atom stereocenters. The van der Waals surface area contributed by atoms with E-state index in [9.17, 15) is 0 Å². The van der Waals surface area contributed by atoms with Crippen LogP contribution in [0.3, 0.4) is 0 Å². The van der Waals surface area contributed by atoms with Crippen LogP contribution in [0.15, 0.2) is 180 Å². The van der Waals surface area contributed by atoms with Crippen LogP contribution in [0.2, 0.25) is 0 Å². The summed E-state index contributed by atoms with van der Waals surface area (Å²) in [5.74, 6) is 0. The number of nitrogens with zero attached hydrogens (tertiary/aromatic N) is 1.